The summed E-state index contributed by atoms with van der Waals surface area (Å²) in [5.41, 5.74) is 6.57. The molecule has 1 fully saturated rings. The normalized spacial score (nSPS) is 19.3. The SMILES string of the molecule is C/C(Cl)=C(\C=C(/C)N)C(=O)NC1CCC1. The Balaban J connectivity index is 2.68. The third-order valence-corrected chi connectivity index (χ3v) is 2.63. The van der Waals surface area contributed by atoms with Crippen LogP contribution in [0.25, 0.3) is 0 Å². The minimum absolute atomic E-state index is 0.128. The number of allylic oxidation sites excluding steroid dienone is 2. The van der Waals surface area contributed by atoms with Crippen molar-refractivity contribution in [3.63, 3.8) is 0 Å². The van der Waals surface area contributed by atoms with E-state index in [4.69, 9.17) is 17.3 Å². The summed E-state index contributed by atoms with van der Waals surface area (Å²) < 4.78 is 0. The largest absolute Gasteiger partial charge is 0.402 e. The molecule has 0 atom stereocenters. The summed E-state index contributed by atoms with van der Waals surface area (Å²) in [4.78, 5) is 11.8. The van der Waals surface area contributed by atoms with Gasteiger partial charge in [0.1, 0.15) is 0 Å². The Morgan fingerprint density at radius 2 is 2.07 bits per heavy atom. The van der Waals surface area contributed by atoms with Gasteiger partial charge in [-0.1, -0.05) is 11.6 Å². The molecule has 1 aliphatic carbocycles. The van der Waals surface area contributed by atoms with Crippen LogP contribution in [0.15, 0.2) is 22.4 Å². The van der Waals surface area contributed by atoms with Crippen molar-refractivity contribution >= 4 is 17.5 Å². The summed E-state index contributed by atoms with van der Waals surface area (Å²) in [6, 6.07) is 0.315. The predicted molar refractivity (Wildman–Crippen MR) is 62.3 cm³/mol. The summed E-state index contributed by atoms with van der Waals surface area (Å²) in [6.07, 6.45) is 4.92. The van der Waals surface area contributed by atoms with Gasteiger partial charge >= 0.3 is 0 Å². The zero-order valence-corrected chi connectivity index (χ0v) is 9.90. The van der Waals surface area contributed by atoms with E-state index in [9.17, 15) is 4.79 Å². The van der Waals surface area contributed by atoms with Crippen molar-refractivity contribution < 1.29 is 4.79 Å². The van der Waals surface area contributed by atoms with Crippen molar-refractivity contribution in [2.45, 2.75) is 39.2 Å². The molecule has 0 aromatic heterocycles. The Morgan fingerprint density at radius 3 is 2.40 bits per heavy atom. The lowest BCUT2D eigenvalue weighted by atomic mass is 9.93. The molecule has 0 aromatic carbocycles. The molecule has 4 heteroatoms. The van der Waals surface area contributed by atoms with Gasteiger partial charge in [0.05, 0.1) is 5.57 Å². The number of carbonyl (C=O) groups is 1. The van der Waals surface area contributed by atoms with E-state index in [2.05, 4.69) is 5.32 Å². The van der Waals surface area contributed by atoms with Crippen LogP contribution in [0.3, 0.4) is 0 Å². The third-order valence-electron chi connectivity index (χ3n) is 2.43. The first-order valence-corrected chi connectivity index (χ1v) is 5.49. The molecule has 1 saturated carbocycles. The van der Waals surface area contributed by atoms with Crippen LogP contribution in [0.1, 0.15) is 33.1 Å². The zero-order chi connectivity index (χ0) is 11.4. The average molecular weight is 229 g/mol. The summed E-state index contributed by atoms with van der Waals surface area (Å²) >= 11 is 5.85. The van der Waals surface area contributed by atoms with E-state index >= 15 is 0 Å². The van der Waals surface area contributed by atoms with E-state index in [1.807, 2.05) is 0 Å². The van der Waals surface area contributed by atoms with E-state index in [1.165, 1.54) is 6.42 Å². The maximum atomic E-state index is 11.8. The Kier molecular flexibility index (Phi) is 4.21. The lowest BCUT2D eigenvalue weighted by molar-refractivity contribution is -0.118. The first-order chi connectivity index (χ1) is 7.00. The number of rotatable bonds is 3. The van der Waals surface area contributed by atoms with E-state index in [0.29, 0.717) is 22.3 Å². The molecule has 0 heterocycles. The standard InChI is InChI=1S/C11H17ClN2O/c1-7(13)6-10(8(2)12)11(15)14-9-4-3-5-9/h6,9H,3-5,13H2,1-2H3,(H,14,15)/b7-6+,10-8-. The van der Waals surface area contributed by atoms with Gasteiger partial charge in [-0.25, -0.2) is 0 Å². The number of carbonyl (C=O) groups excluding carboxylic acids is 1. The number of nitrogens with one attached hydrogen (secondary N) is 1. The molecule has 84 valence electrons. The summed E-state index contributed by atoms with van der Waals surface area (Å²) in [6.45, 7) is 3.42. The van der Waals surface area contributed by atoms with E-state index in [1.54, 1.807) is 19.9 Å². The first-order valence-electron chi connectivity index (χ1n) is 5.11. The maximum Gasteiger partial charge on any atom is 0.252 e. The molecule has 0 bridgehead atoms. The molecule has 1 rings (SSSR count). The van der Waals surface area contributed by atoms with Gasteiger partial charge < -0.3 is 11.1 Å². The molecule has 0 aliphatic heterocycles. The molecule has 0 unspecified atom stereocenters. The lowest BCUT2D eigenvalue weighted by Gasteiger charge is -2.26. The van der Waals surface area contributed by atoms with Crippen LogP contribution in [0.4, 0.5) is 0 Å². The van der Waals surface area contributed by atoms with Crippen molar-refractivity contribution in [3.8, 4) is 0 Å². The Bertz CT molecular complexity index is 309. The van der Waals surface area contributed by atoms with Crippen LogP contribution < -0.4 is 11.1 Å². The summed E-state index contributed by atoms with van der Waals surface area (Å²) in [5.74, 6) is -0.128. The molecule has 0 aromatic rings. The minimum atomic E-state index is -0.128. The lowest BCUT2D eigenvalue weighted by Crippen LogP contribution is -2.40. The van der Waals surface area contributed by atoms with Crippen molar-refractivity contribution in [1.82, 2.24) is 5.32 Å². The highest BCUT2D eigenvalue weighted by molar-refractivity contribution is 6.31. The number of halogens is 1. The predicted octanol–water partition coefficient (Wildman–Crippen LogP) is 2.03. The van der Waals surface area contributed by atoms with Crippen molar-refractivity contribution in [2.75, 3.05) is 0 Å². The van der Waals surface area contributed by atoms with Gasteiger partial charge in [-0.3, -0.25) is 4.79 Å². The highest BCUT2D eigenvalue weighted by atomic mass is 35.5. The van der Waals surface area contributed by atoms with Crippen LogP contribution in [-0.2, 0) is 4.79 Å². The number of amides is 1. The Labute approximate surface area is 95.4 Å². The average Bonchev–Trinajstić information content (AvgIpc) is 2.06. The molecular weight excluding hydrogens is 212 g/mol. The highest BCUT2D eigenvalue weighted by Crippen LogP contribution is 2.19. The van der Waals surface area contributed by atoms with Gasteiger partial charge in [-0.2, -0.15) is 0 Å². The molecule has 15 heavy (non-hydrogen) atoms. The highest BCUT2D eigenvalue weighted by Gasteiger charge is 2.21. The van der Waals surface area contributed by atoms with E-state index in [0.717, 1.165) is 12.8 Å². The first kappa shape index (κ1) is 12.1. The van der Waals surface area contributed by atoms with Crippen molar-refractivity contribution in [2.24, 2.45) is 5.73 Å². The fraction of sp³-hybridized carbons (Fsp3) is 0.545. The number of hydrogen-bond acceptors (Lipinski definition) is 2. The molecule has 3 N–H and O–H groups in total. The van der Waals surface area contributed by atoms with Gasteiger partial charge in [-0.15, -0.1) is 0 Å². The number of hydrogen-bond donors (Lipinski definition) is 2. The van der Waals surface area contributed by atoms with Gasteiger partial charge in [0, 0.05) is 16.8 Å². The molecule has 0 radical (unpaired) electrons. The van der Waals surface area contributed by atoms with Gasteiger partial charge in [0.15, 0.2) is 0 Å². The van der Waals surface area contributed by atoms with Crippen molar-refractivity contribution in [3.05, 3.63) is 22.4 Å². The topological polar surface area (TPSA) is 55.1 Å². The van der Waals surface area contributed by atoms with E-state index < -0.39 is 0 Å². The molecular formula is C11H17ClN2O. The van der Waals surface area contributed by atoms with Crippen molar-refractivity contribution in [1.29, 1.82) is 0 Å². The summed E-state index contributed by atoms with van der Waals surface area (Å²) in [5, 5.41) is 3.39. The Morgan fingerprint density at radius 1 is 1.47 bits per heavy atom. The quantitative estimate of drug-likeness (QED) is 0.574. The van der Waals surface area contributed by atoms with Crippen LogP contribution in [0.2, 0.25) is 0 Å². The number of nitrogens with two attached hydrogens (primary N) is 1. The second-order valence-electron chi connectivity index (χ2n) is 3.94. The van der Waals surface area contributed by atoms with Gasteiger partial charge in [0.2, 0.25) is 0 Å². The smallest absolute Gasteiger partial charge is 0.252 e. The molecule has 0 spiro atoms. The van der Waals surface area contributed by atoms with E-state index in [-0.39, 0.29) is 5.91 Å². The molecule has 1 amide bonds. The fourth-order valence-corrected chi connectivity index (χ4v) is 1.51. The van der Waals surface area contributed by atoms with Crippen LogP contribution in [-0.4, -0.2) is 11.9 Å². The van der Waals surface area contributed by atoms with Crippen LogP contribution in [0, 0.1) is 0 Å². The fourth-order valence-electron chi connectivity index (χ4n) is 1.36. The molecule has 3 nitrogen and oxygen atoms in total. The second kappa shape index (κ2) is 5.21. The minimum Gasteiger partial charge on any atom is -0.402 e. The maximum absolute atomic E-state index is 11.8. The third kappa shape index (κ3) is 3.59. The van der Waals surface area contributed by atoms with Gasteiger partial charge in [-0.05, 0) is 39.2 Å². The van der Waals surface area contributed by atoms with Gasteiger partial charge in [0.25, 0.3) is 5.91 Å². The summed E-state index contributed by atoms with van der Waals surface area (Å²) in [7, 11) is 0. The monoisotopic (exact) mass is 228 g/mol. The molecule has 1 aliphatic rings. The second-order valence-corrected chi connectivity index (χ2v) is 4.50. The zero-order valence-electron chi connectivity index (χ0n) is 9.14. The Hall–Kier alpha value is -0.960. The van der Waals surface area contributed by atoms with Crippen LogP contribution >= 0.6 is 11.6 Å². The molecule has 0 saturated heterocycles. The van der Waals surface area contributed by atoms with Crippen LogP contribution in [0.5, 0.6) is 0 Å².